The van der Waals surface area contributed by atoms with Crippen LogP contribution in [0, 0.1) is 0 Å². The molecule has 1 atom stereocenters. The molecule has 0 fully saturated rings. The zero-order chi connectivity index (χ0) is 11.2. The summed E-state index contributed by atoms with van der Waals surface area (Å²) in [6, 6.07) is 0. The summed E-state index contributed by atoms with van der Waals surface area (Å²) in [5.41, 5.74) is 5.20. The Morgan fingerprint density at radius 3 is 2.64 bits per heavy atom. The van der Waals surface area contributed by atoms with E-state index in [9.17, 15) is 9.36 Å². The predicted octanol–water partition coefficient (Wildman–Crippen LogP) is -1.40. The van der Waals surface area contributed by atoms with Crippen LogP contribution in [0.25, 0.3) is 0 Å². The normalized spacial score (nSPS) is 13.7. The molecule has 14 heavy (non-hydrogen) atoms. The quantitative estimate of drug-likeness (QED) is 0.324. The highest BCUT2D eigenvalue weighted by atomic mass is 31.2. The van der Waals surface area contributed by atoms with E-state index >= 15 is 0 Å². The van der Waals surface area contributed by atoms with Crippen LogP contribution in [0.15, 0.2) is 0 Å². The molecule has 0 amide bonds. The molecule has 8 heteroatoms. The molecule has 0 bridgehead atoms. The molecule has 0 radical (unpaired) electrons. The van der Waals surface area contributed by atoms with E-state index in [1.807, 2.05) is 0 Å². The van der Waals surface area contributed by atoms with Gasteiger partial charge in [-0.2, -0.15) is 0 Å². The molecule has 7 nitrogen and oxygen atoms in total. The Bertz CT molecular complexity index is 228. The van der Waals surface area contributed by atoms with E-state index in [-0.39, 0.29) is 19.2 Å². The monoisotopic (exact) mass is 226 g/mol. The first-order valence-corrected chi connectivity index (χ1v) is 5.79. The maximum atomic E-state index is 10.9. The summed E-state index contributed by atoms with van der Waals surface area (Å²) >= 11 is 0. The minimum absolute atomic E-state index is 0.213. The van der Waals surface area contributed by atoms with E-state index < -0.39 is 19.9 Å². The Morgan fingerprint density at radius 1 is 1.64 bits per heavy atom. The second-order valence-electron chi connectivity index (χ2n) is 2.79. The molecular formula is C6H15N2O5P. The summed E-state index contributed by atoms with van der Waals surface area (Å²) in [6.07, 6.45) is -0.932. The minimum Gasteiger partial charge on any atom is -0.460 e. The van der Waals surface area contributed by atoms with Gasteiger partial charge >= 0.3 is 13.6 Å². The molecule has 0 aromatic carbocycles. The highest BCUT2D eigenvalue weighted by Gasteiger charge is 2.13. The molecule has 5 N–H and O–H groups in total. The summed E-state index contributed by atoms with van der Waals surface area (Å²) < 4.78 is 15.1. The van der Waals surface area contributed by atoms with E-state index in [4.69, 9.17) is 20.3 Å². The summed E-state index contributed by atoms with van der Waals surface area (Å²) in [4.78, 5) is 27.8. The van der Waals surface area contributed by atoms with E-state index in [2.05, 4.69) is 5.32 Å². The van der Waals surface area contributed by atoms with Gasteiger partial charge in [0.25, 0.3) is 0 Å². The average Bonchev–Trinajstić information content (AvgIpc) is 2.01. The van der Waals surface area contributed by atoms with E-state index in [1.54, 1.807) is 6.92 Å². The van der Waals surface area contributed by atoms with Crippen LogP contribution in [0.4, 0.5) is 0 Å². The molecule has 0 spiro atoms. The molecule has 0 aliphatic heterocycles. The van der Waals surface area contributed by atoms with Crippen molar-refractivity contribution >= 4 is 13.6 Å². The Balaban J connectivity index is 3.60. The van der Waals surface area contributed by atoms with E-state index in [0.717, 1.165) is 0 Å². The first-order valence-electron chi connectivity index (χ1n) is 4.00. The molecule has 0 rings (SSSR count). The number of hydrogen-bond acceptors (Lipinski definition) is 5. The van der Waals surface area contributed by atoms with Crippen LogP contribution in [-0.2, 0) is 14.1 Å². The zero-order valence-electron chi connectivity index (χ0n) is 7.84. The number of hydrogen-bond donors (Lipinski definition) is 4. The number of esters is 1. The van der Waals surface area contributed by atoms with Crippen LogP contribution < -0.4 is 11.1 Å². The molecule has 84 valence electrons. The van der Waals surface area contributed by atoms with Gasteiger partial charge < -0.3 is 20.3 Å². The fraction of sp³-hybridized carbons (Fsp3) is 0.833. The summed E-state index contributed by atoms with van der Waals surface area (Å²) in [7, 11) is -4.11. The first kappa shape index (κ1) is 13.5. The van der Waals surface area contributed by atoms with Crippen molar-refractivity contribution in [1.82, 2.24) is 5.32 Å². The molecule has 0 aliphatic carbocycles. The van der Waals surface area contributed by atoms with Crippen LogP contribution in [0.3, 0.4) is 0 Å². The first-order chi connectivity index (χ1) is 6.35. The van der Waals surface area contributed by atoms with Crippen molar-refractivity contribution in [2.75, 3.05) is 19.4 Å². The third-order valence-corrected chi connectivity index (χ3v) is 1.89. The van der Waals surface area contributed by atoms with Crippen molar-refractivity contribution in [2.45, 2.75) is 13.0 Å². The number of carbonyl (C=O) groups excluding carboxylic acids is 1. The third-order valence-electron chi connectivity index (χ3n) is 1.25. The lowest BCUT2D eigenvalue weighted by atomic mass is 10.4. The number of rotatable bonds is 6. The predicted molar refractivity (Wildman–Crippen MR) is 49.5 cm³/mol. The topological polar surface area (TPSA) is 122 Å². The number of carbonyl (C=O) groups is 1. The maximum absolute atomic E-state index is 10.9. The lowest BCUT2D eigenvalue weighted by Crippen LogP contribution is -2.30. The Kier molecular flexibility index (Phi) is 5.90. The Morgan fingerprint density at radius 2 is 2.21 bits per heavy atom. The van der Waals surface area contributed by atoms with Crippen molar-refractivity contribution in [1.29, 1.82) is 0 Å². The van der Waals surface area contributed by atoms with Crippen molar-refractivity contribution in [3.8, 4) is 0 Å². The average molecular weight is 226 g/mol. The molecule has 0 aromatic rings. The van der Waals surface area contributed by atoms with Gasteiger partial charge in [-0.3, -0.25) is 14.7 Å². The van der Waals surface area contributed by atoms with Crippen LogP contribution in [0.1, 0.15) is 6.92 Å². The molecule has 0 heterocycles. The Hall–Kier alpha value is -0.460. The zero-order valence-corrected chi connectivity index (χ0v) is 8.74. The van der Waals surface area contributed by atoms with Crippen molar-refractivity contribution in [2.24, 2.45) is 5.73 Å². The van der Waals surface area contributed by atoms with E-state index in [0.29, 0.717) is 0 Å². The molecule has 0 aromatic heterocycles. The van der Waals surface area contributed by atoms with Crippen LogP contribution in [0.5, 0.6) is 0 Å². The van der Waals surface area contributed by atoms with Gasteiger partial charge in [-0.1, -0.05) is 0 Å². The van der Waals surface area contributed by atoms with E-state index in [1.165, 1.54) is 0 Å². The van der Waals surface area contributed by atoms with Crippen molar-refractivity contribution < 1.29 is 23.9 Å². The van der Waals surface area contributed by atoms with Gasteiger partial charge in [-0.15, -0.1) is 0 Å². The molecule has 1 unspecified atom stereocenters. The fourth-order valence-corrected chi connectivity index (χ4v) is 1.02. The number of nitrogens with one attached hydrogen (secondary N) is 1. The second-order valence-corrected chi connectivity index (χ2v) is 4.43. The summed E-state index contributed by atoms with van der Waals surface area (Å²) in [5.74, 6) is -0.587. The maximum Gasteiger partial charge on any atom is 0.339 e. The largest absolute Gasteiger partial charge is 0.460 e. The highest BCUT2D eigenvalue weighted by Crippen LogP contribution is 2.31. The second kappa shape index (κ2) is 6.10. The van der Waals surface area contributed by atoms with Gasteiger partial charge in [0.15, 0.2) is 0 Å². The minimum atomic E-state index is -4.11. The third kappa shape index (κ3) is 8.15. The van der Waals surface area contributed by atoms with Crippen LogP contribution >= 0.6 is 7.60 Å². The SMILES string of the molecule is CC(CN)OC(=O)CNCP(=O)(O)O. The summed E-state index contributed by atoms with van der Waals surface area (Å²) in [5, 5.41) is 2.28. The van der Waals surface area contributed by atoms with Gasteiger partial charge in [-0.25, -0.2) is 0 Å². The smallest absolute Gasteiger partial charge is 0.339 e. The fourth-order valence-electron chi connectivity index (χ4n) is 0.618. The van der Waals surface area contributed by atoms with Gasteiger partial charge in [0, 0.05) is 6.54 Å². The molecular weight excluding hydrogens is 211 g/mol. The summed E-state index contributed by atoms with van der Waals surface area (Å²) in [6.45, 7) is 1.60. The van der Waals surface area contributed by atoms with Crippen molar-refractivity contribution in [3.05, 3.63) is 0 Å². The van der Waals surface area contributed by atoms with Gasteiger partial charge in [0.2, 0.25) is 0 Å². The molecule has 0 aliphatic rings. The van der Waals surface area contributed by atoms with Crippen LogP contribution in [-0.4, -0.2) is 41.2 Å². The molecule has 0 saturated heterocycles. The van der Waals surface area contributed by atoms with Gasteiger partial charge in [0.1, 0.15) is 6.10 Å². The standard InChI is InChI=1S/C6H15N2O5P/c1-5(2-7)13-6(9)3-8-4-14(10,11)12/h5,8H,2-4,7H2,1H3,(H2,10,11,12). The van der Waals surface area contributed by atoms with Gasteiger partial charge in [-0.05, 0) is 6.92 Å². The molecule has 0 saturated carbocycles. The lowest BCUT2D eigenvalue weighted by molar-refractivity contribution is -0.146. The lowest BCUT2D eigenvalue weighted by Gasteiger charge is -2.11. The van der Waals surface area contributed by atoms with Crippen LogP contribution in [0.2, 0.25) is 0 Å². The Labute approximate surface area is 81.8 Å². The highest BCUT2D eigenvalue weighted by molar-refractivity contribution is 7.51. The number of nitrogens with two attached hydrogens (primary N) is 1. The van der Waals surface area contributed by atoms with Crippen molar-refractivity contribution in [3.63, 3.8) is 0 Å². The van der Waals surface area contributed by atoms with Gasteiger partial charge in [0.05, 0.1) is 12.8 Å². The number of ether oxygens (including phenoxy) is 1.